The zero-order valence-electron chi connectivity index (χ0n) is 8.70. The van der Waals surface area contributed by atoms with Crippen molar-refractivity contribution >= 4 is 21.8 Å². The van der Waals surface area contributed by atoms with Gasteiger partial charge in [-0.15, -0.1) is 0 Å². The van der Waals surface area contributed by atoms with Crippen molar-refractivity contribution in [2.75, 3.05) is 13.1 Å². The van der Waals surface area contributed by atoms with E-state index in [2.05, 4.69) is 15.9 Å². The van der Waals surface area contributed by atoms with Crippen LogP contribution in [0.1, 0.15) is 29.2 Å². The molecule has 0 radical (unpaired) electrons. The van der Waals surface area contributed by atoms with Crippen LogP contribution in [-0.2, 0) is 0 Å². The Bertz CT molecular complexity index is 361. The highest BCUT2D eigenvalue weighted by Gasteiger charge is 2.24. The monoisotopic (exact) mass is 271 g/mol. The summed E-state index contributed by atoms with van der Waals surface area (Å²) in [6.45, 7) is 3.46. The zero-order chi connectivity index (χ0) is 10.8. The number of furan rings is 1. The van der Waals surface area contributed by atoms with Crippen LogP contribution in [0.2, 0.25) is 0 Å². The topological polar surface area (TPSA) is 33.5 Å². The lowest BCUT2D eigenvalue weighted by Crippen LogP contribution is -2.40. The summed E-state index contributed by atoms with van der Waals surface area (Å²) >= 11 is 3.55. The molecular weight excluding hydrogens is 258 g/mol. The minimum Gasteiger partial charge on any atom is -0.456 e. The number of alkyl halides is 1. The molecule has 1 amide bonds. The summed E-state index contributed by atoms with van der Waals surface area (Å²) in [5.41, 5.74) is 0. The van der Waals surface area contributed by atoms with Gasteiger partial charge in [0.05, 0.1) is 0 Å². The molecule has 3 nitrogen and oxygen atoms in total. The highest BCUT2D eigenvalue weighted by molar-refractivity contribution is 9.09. The lowest BCUT2D eigenvalue weighted by atomic mass is 10.1. The smallest absolute Gasteiger partial charge is 0.289 e. The van der Waals surface area contributed by atoms with Crippen LogP contribution in [-0.4, -0.2) is 28.7 Å². The molecular formula is C11H14BrNO2. The molecule has 1 aliphatic heterocycles. The van der Waals surface area contributed by atoms with Gasteiger partial charge in [0, 0.05) is 17.9 Å². The Morgan fingerprint density at radius 1 is 1.60 bits per heavy atom. The molecule has 1 aromatic heterocycles. The summed E-state index contributed by atoms with van der Waals surface area (Å²) in [6, 6.07) is 3.57. The summed E-state index contributed by atoms with van der Waals surface area (Å²) in [7, 11) is 0. The first-order valence-electron chi connectivity index (χ1n) is 5.16. The highest BCUT2D eigenvalue weighted by atomic mass is 79.9. The average Bonchev–Trinajstić information content (AvgIpc) is 2.64. The van der Waals surface area contributed by atoms with E-state index in [1.807, 2.05) is 17.9 Å². The van der Waals surface area contributed by atoms with Gasteiger partial charge in [-0.2, -0.15) is 0 Å². The van der Waals surface area contributed by atoms with E-state index in [-0.39, 0.29) is 5.91 Å². The van der Waals surface area contributed by atoms with Crippen molar-refractivity contribution in [1.82, 2.24) is 4.90 Å². The van der Waals surface area contributed by atoms with Crippen LogP contribution in [0.25, 0.3) is 0 Å². The van der Waals surface area contributed by atoms with Crippen molar-refractivity contribution in [2.45, 2.75) is 24.6 Å². The first-order valence-corrected chi connectivity index (χ1v) is 6.08. The molecule has 0 saturated carbocycles. The van der Waals surface area contributed by atoms with Gasteiger partial charge in [0.1, 0.15) is 5.76 Å². The third-order valence-electron chi connectivity index (χ3n) is 2.60. The van der Waals surface area contributed by atoms with Crippen LogP contribution in [0.15, 0.2) is 16.5 Å². The number of rotatable bonds is 1. The fraction of sp³-hybridized carbons (Fsp3) is 0.545. The predicted octanol–water partition coefficient (Wildman–Crippen LogP) is 2.59. The molecule has 1 fully saturated rings. The van der Waals surface area contributed by atoms with Gasteiger partial charge in [0.2, 0.25) is 0 Å². The highest BCUT2D eigenvalue weighted by Crippen LogP contribution is 2.19. The quantitative estimate of drug-likeness (QED) is 0.736. The van der Waals surface area contributed by atoms with Crippen LogP contribution < -0.4 is 0 Å². The Morgan fingerprint density at radius 3 is 3.00 bits per heavy atom. The lowest BCUT2D eigenvalue weighted by molar-refractivity contribution is 0.0696. The number of piperidine rings is 1. The Hall–Kier alpha value is -0.770. The molecule has 1 aliphatic rings. The van der Waals surface area contributed by atoms with E-state index in [1.54, 1.807) is 6.07 Å². The SMILES string of the molecule is Cc1ccc(C(=O)N2CCCC(Br)C2)o1. The summed E-state index contributed by atoms with van der Waals surface area (Å²) in [4.78, 5) is 14.2. The van der Waals surface area contributed by atoms with Crippen molar-refractivity contribution in [3.63, 3.8) is 0 Å². The van der Waals surface area contributed by atoms with E-state index in [0.29, 0.717) is 10.6 Å². The predicted molar refractivity (Wildman–Crippen MR) is 61.3 cm³/mol. The number of amides is 1. The molecule has 82 valence electrons. The van der Waals surface area contributed by atoms with Crippen molar-refractivity contribution in [3.05, 3.63) is 23.7 Å². The normalized spacial score (nSPS) is 21.7. The van der Waals surface area contributed by atoms with Gasteiger partial charge < -0.3 is 9.32 Å². The number of aryl methyl sites for hydroxylation is 1. The maximum absolute atomic E-state index is 12.0. The van der Waals surface area contributed by atoms with Crippen molar-refractivity contribution in [1.29, 1.82) is 0 Å². The lowest BCUT2D eigenvalue weighted by Gasteiger charge is -2.29. The van der Waals surface area contributed by atoms with Gasteiger partial charge in [-0.05, 0) is 31.9 Å². The van der Waals surface area contributed by atoms with E-state index in [9.17, 15) is 4.79 Å². The number of nitrogens with zero attached hydrogens (tertiary/aromatic N) is 1. The zero-order valence-corrected chi connectivity index (χ0v) is 10.3. The van der Waals surface area contributed by atoms with Crippen LogP contribution in [0, 0.1) is 6.92 Å². The van der Waals surface area contributed by atoms with Crippen molar-refractivity contribution in [2.24, 2.45) is 0 Å². The minimum absolute atomic E-state index is 0.00671. The van der Waals surface area contributed by atoms with E-state index >= 15 is 0 Å². The van der Waals surface area contributed by atoms with Gasteiger partial charge >= 0.3 is 0 Å². The van der Waals surface area contributed by atoms with Gasteiger partial charge in [0.15, 0.2) is 5.76 Å². The van der Waals surface area contributed by atoms with Crippen LogP contribution in [0.4, 0.5) is 0 Å². The third kappa shape index (κ3) is 2.43. The van der Waals surface area contributed by atoms with E-state index in [0.717, 1.165) is 31.7 Å². The first-order chi connectivity index (χ1) is 7.16. The van der Waals surface area contributed by atoms with E-state index in [4.69, 9.17) is 4.42 Å². The van der Waals surface area contributed by atoms with Gasteiger partial charge in [0.25, 0.3) is 5.91 Å². The summed E-state index contributed by atoms with van der Waals surface area (Å²) in [6.07, 6.45) is 2.20. The molecule has 0 N–H and O–H groups in total. The molecule has 15 heavy (non-hydrogen) atoms. The van der Waals surface area contributed by atoms with E-state index < -0.39 is 0 Å². The molecule has 0 aromatic carbocycles. The van der Waals surface area contributed by atoms with Crippen LogP contribution in [0.3, 0.4) is 0 Å². The Kier molecular flexibility index (Phi) is 3.14. The third-order valence-corrected chi connectivity index (χ3v) is 3.35. The number of carbonyl (C=O) groups excluding carboxylic acids is 1. The number of hydrogen-bond donors (Lipinski definition) is 0. The van der Waals surface area contributed by atoms with Crippen molar-refractivity contribution < 1.29 is 9.21 Å². The van der Waals surface area contributed by atoms with Crippen molar-refractivity contribution in [3.8, 4) is 0 Å². The van der Waals surface area contributed by atoms with Gasteiger partial charge in [-0.25, -0.2) is 0 Å². The average molecular weight is 272 g/mol. The Morgan fingerprint density at radius 2 is 2.40 bits per heavy atom. The van der Waals surface area contributed by atoms with Gasteiger partial charge in [-0.1, -0.05) is 15.9 Å². The Balaban J connectivity index is 2.07. The molecule has 1 atom stereocenters. The molecule has 1 aromatic rings. The van der Waals surface area contributed by atoms with Crippen LogP contribution >= 0.6 is 15.9 Å². The molecule has 4 heteroatoms. The summed E-state index contributed by atoms with van der Waals surface area (Å²) in [5, 5.41) is 0. The number of likely N-dealkylation sites (tertiary alicyclic amines) is 1. The second-order valence-electron chi connectivity index (χ2n) is 3.90. The molecule has 1 saturated heterocycles. The maximum Gasteiger partial charge on any atom is 0.289 e. The molecule has 0 spiro atoms. The number of hydrogen-bond acceptors (Lipinski definition) is 2. The fourth-order valence-corrected chi connectivity index (χ4v) is 2.49. The second kappa shape index (κ2) is 4.39. The second-order valence-corrected chi connectivity index (χ2v) is 5.20. The van der Waals surface area contributed by atoms with E-state index in [1.165, 1.54) is 0 Å². The fourth-order valence-electron chi connectivity index (χ4n) is 1.82. The largest absolute Gasteiger partial charge is 0.456 e. The number of halogens is 1. The first kappa shape index (κ1) is 10.7. The molecule has 2 rings (SSSR count). The number of carbonyl (C=O) groups is 1. The molecule has 0 bridgehead atoms. The standard InChI is InChI=1S/C11H14BrNO2/c1-8-4-5-10(15-8)11(14)13-6-2-3-9(12)7-13/h4-5,9H,2-3,6-7H2,1H3. The Labute approximate surface area is 97.6 Å². The summed E-state index contributed by atoms with van der Waals surface area (Å²) in [5.74, 6) is 1.24. The van der Waals surface area contributed by atoms with Crippen LogP contribution in [0.5, 0.6) is 0 Å². The van der Waals surface area contributed by atoms with Gasteiger partial charge in [-0.3, -0.25) is 4.79 Å². The molecule has 0 aliphatic carbocycles. The molecule has 2 heterocycles. The summed E-state index contributed by atoms with van der Waals surface area (Å²) < 4.78 is 5.33. The maximum atomic E-state index is 12.0. The molecule has 1 unspecified atom stereocenters. The minimum atomic E-state index is 0.00671.